The number of esters is 1. The molecule has 0 N–H and O–H groups in total. The smallest absolute Gasteiger partial charge is 0.331 e. The van der Waals surface area contributed by atoms with Crippen LogP contribution in [0.4, 0.5) is 0 Å². The number of carbonyl (C=O) groups is 1. The van der Waals surface area contributed by atoms with Crippen LogP contribution in [-0.2, 0) is 9.53 Å². The highest BCUT2D eigenvalue weighted by Crippen LogP contribution is 2.42. The first-order chi connectivity index (χ1) is 6.94. The maximum Gasteiger partial charge on any atom is 0.331 e. The van der Waals surface area contributed by atoms with E-state index in [2.05, 4.69) is 12.2 Å². The molecule has 0 radical (unpaired) electrons. The van der Waals surface area contributed by atoms with Crippen molar-refractivity contribution in [3.8, 4) is 0 Å². The van der Waals surface area contributed by atoms with Crippen LogP contribution in [0.3, 0.4) is 0 Å². The lowest BCUT2D eigenvalue weighted by atomic mass is 10.0. The van der Waals surface area contributed by atoms with Gasteiger partial charge in [0, 0.05) is 6.08 Å². The van der Waals surface area contributed by atoms with E-state index in [0.29, 0.717) is 11.8 Å². The molecule has 2 bridgehead atoms. The number of carbonyl (C=O) groups excluding carboxylic acids is 1. The maximum atomic E-state index is 11.6. The highest BCUT2D eigenvalue weighted by molar-refractivity contribution is 5.83. The number of hydrogen-bond acceptors (Lipinski definition) is 2. The summed E-state index contributed by atoms with van der Waals surface area (Å²) in [5.74, 6) is 0.977. The zero-order valence-corrected chi connectivity index (χ0v) is 9.62. The van der Waals surface area contributed by atoms with Gasteiger partial charge in [-0.2, -0.15) is 0 Å². The van der Waals surface area contributed by atoms with E-state index in [1.54, 1.807) is 6.08 Å². The number of hydrogen-bond donors (Lipinski definition) is 0. The molecule has 0 aliphatic heterocycles. The first kappa shape index (κ1) is 10.5. The van der Waals surface area contributed by atoms with E-state index in [1.807, 2.05) is 20.8 Å². The molecule has 15 heavy (non-hydrogen) atoms. The van der Waals surface area contributed by atoms with E-state index < -0.39 is 0 Å². The Morgan fingerprint density at radius 1 is 1.47 bits per heavy atom. The number of rotatable bonds is 1. The number of ether oxygens (including phenoxy) is 1. The van der Waals surface area contributed by atoms with Gasteiger partial charge in [-0.05, 0) is 45.4 Å². The molecule has 0 aromatic rings. The summed E-state index contributed by atoms with van der Waals surface area (Å²) >= 11 is 0. The van der Waals surface area contributed by atoms with Crippen molar-refractivity contribution >= 4 is 5.97 Å². The Morgan fingerprint density at radius 3 is 2.67 bits per heavy atom. The molecule has 0 aromatic carbocycles. The van der Waals surface area contributed by atoms with Crippen LogP contribution in [0.15, 0.2) is 23.8 Å². The van der Waals surface area contributed by atoms with Gasteiger partial charge in [0.2, 0.25) is 0 Å². The lowest BCUT2D eigenvalue weighted by Crippen LogP contribution is -2.23. The normalized spacial score (nSPS) is 31.3. The minimum atomic E-state index is -0.387. The Hall–Kier alpha value is -1.05. The molecule has 1 fully saturated rings. The second-order valence-electron chi connectivity index (χ2n) is 5.44. The van der Waals surface area contributed by atoms with Crippen molar-refractivity contribution in [1.29, 1.82) is 0 Å². The fourth-order valence-corrected chi connectivity index (χ4v) is 2.30. The van der Waals surface area contributed by atoms with Crippen LogP contribution < -0.4 is 0 Å². The molecule has 0 amide bonds. The van der Waals surface area contributed by atoms with Crippen LogP contribution >= 0.6 is 0 Å². The van der Waals surface area contributed by atoms with Gasteiger partial charge >= 0.3 is 5.97 Å². The van der Waals surface area contributed by atoms with Crippen LogP contribution in [-0.4, -0.2) is 11.6 Å². The third kappa shape index (κ3) is 2.49. The average Bonchev–Trinajstić information content (AvgIpc) is 2.60. The van der Waals surface area contributed by atoms with Gasteiger partial charge in [0.1, 0.15) is 5.60 Å². The van der Waals surface area contributed by atoms with Crippen LogP contribution in [0.1, 0.15) is 33.6 Å². The second kappa shape index (κ2) is 3.51. The monoisotopic (exact) mass is 206 g/mol. The van der Waals surface area contributed by atoms with Gasteiger partial charge in [-0.15, -0.1) is 0 Å². The van der Waals surface area contributed by atoms with Crippen molar-refractivity contribution in [2.24, 2.45) is 11.8 Å². The van der Waals surface area contributed by atoms with E-state index >= 15 is 0 Å². The molecule has 2 aliphatic carbocycles. The zero-order chi connectivity index (χ0) is 11.1. The fourth-order valence-electron chi connectivity index (χ4n) is 2.30. The summed E-state index contributed by atoms with van der Waals surface area (Å²) in [5, 5.41) is 0. The van der Waals surface area contributed by atoms with Gasteiger partial charge in [0.25, 0.3) is 0 Å². The van der Waals surface area contributed by atoms with Gasteiger partial charge in [-0.3, -0.25) is 0 Å². The van der Waals surface area contributed by atoms with Gasteiger partial charge < -0.3 is 4.74 Å². The molecular formula is C13H18O2. The predicted molar refractivity (Wildman–Crippen MR) is 59.3 cm³/mol. The Labute approximate surface area is 91.0 Å². The molecule has 2 atom stereocenters. The van der Waals surface area contributed by atoms with Crippen molar-refractivity contribution in [2.45, 2.75) is 39.2 Å². The van der Waals surface area contributed by atoms with E-state index in [4.69, 9.17) is 4.74 Å². The molecule has 1 saturated carbocycles. The third-order valence-corrected chi connectivity index (χ3v) is 2.86. The summed E-state index contributed by atoms with van der Waals surface area (Å²) in [6.07, 6.45) is 8.40. The molecule has 0 saturated heterocycles. The second-order valence-corrected chi connectivity index (χ2v) is 5.44. The van der Waals surface area contributed by atoms with Gasteiger partial charge in [-0.25, -0.2) is 4.79 Å². The maximum absolute atomic E-state index is 11.6. The quantitative estimate of drug-likeness (QED) is 0.374. The van der Waals surface area contributed by atoms with E-state index in [0.717, 1.165) is 6.42 Å². The molecule has 0 spiro atoms. The van der Waals surface area contributed by atoms with Crippen molar-refractivity contribution < 1.29 is 9.53 Å². The average molecular weight is 206 g/mol. The Morgan fingerprint density at radius 2 is 2.20 bits per heavy atom. The molecule has 2 nitrogen and oxygen atoms in total. The van der Waals surface area contributed by atoms with Crippen molar-refractivity contribution in [1.82, 2.24) is 0 Å². The van der Waals surface area contributed by atoms with Crippen molar-refractivity contribution in [3.05, 3.63) is 23.8 Å². The number of allylic oxidation sites excluding steroid dienone is 3. The van der Waals surface area contributed by atoms with E-state index in [1.165, 1.54) is 12.0 Å². The van der Waals surface area contributed by atoms with Crippen molar-refractivity contribution in [3.63, 3.8) is 0 Å². The van der Waals surface area contributed by atoms with Gasteiger partial charge in [-0.1, -0.05) is 17.7 Å². The van der Waals surface area contributed by atoms with Crippen LogP contribution in [0.5, 0.6) is 0 Å². The lowest BCUT2D eigenvalue weighted by Gasteiger charge is -2.18. The van der Waals surface area contributed by atoms with Crippen molar-refractivity contribution in [2.75, 3.05) is 0 Å². The predicted octanol–water partition coefficient (Wildman–Crippen LogP) is 2.85. The largest absolute Gasteiger partial charge is 0.457 e. The molecule has 82 valence electrons. The van der Waals surface area contributed by atoms with Crippen LogP contribution in [0, 0.1) is 11.8 Å². The lowest BCUT2D eigenvalue weighted by molar-refractivity contribution is -0.148. The minimum absolute atomic E-state index is 0.196. The summed E-state index contributed by atoms with van der Waals surface area (Å²) in [6, 6.07) is 0. The van der Waals surface area contributed by atoms with Gasteiger partial charge in [0.15, 0.2) is 0 Å². The topological polar surface area (TPSA) is 26.3 Å². The van der Waals surface area contributed by atoms with Crippen LogP contribution in [0.2, 0.25) is 0 Å². The van der Waals surface area contributed by atoms with E-state index in [-0.39, 0.29) is 11.6 Å². The fraction of sp³-hybridized carbons (Fsp3) is 0.615. The highest BCUT2D eigenvalue weighted by Gasteiger charge is 2.31. The molecular weight excluding hydrogens is 188 g/mol. The number of fused-ring (bicyclic) bond motifs is 2. The summed E-state index contributed by atoms with van der Waals surface area (Å²) < 4.78 is 5.27. The van der Waals surface area contributed by atoms with E-state index in [9.17, 15) is 4.79 Å². The summed E-state index contributed by atoms with van der Waals surface area (Å²) in [5.41, 5.74) is 0.860. The summed E-state index contributed by atoms with van der Waals surface area (Å²) in [4.78, 5) is 11.6. The molecule has 2 aliphatic rings. The molecule has 2 rings (SSSR count). The molecule has 0 aromatic heterocycles. The Kier molecular flexibility index (Phi) is 2.45. The summed E-state index contributed by atoms with van der Waals surface area (Å²) in [6.45, 7) is 5.68. The summed E-state index contributed by atoms with van der Waals surface area (Å²) in [7, 11) is 0. The van der Waals surface area contributed by atoms with Gasteiger partial charge in [0.05, 0.1) is 0 Å². The molecule has 0 heterocycles. The first-order valence-corrected chi connectivity index (χ1v) is 5.56. The first-order valence-electron chi connectivity index (χ1n) is 5.56. The Bertz CT molecular complexity index is 331. The van der Waals surface area contributed by atoms with Crippen LogP contribution in [0.25, 0.3) is 0 Å². The molecule has 2 heteroatoms. The third-order valence-electron chi connectivity index (χ3n) is 2.86. The highest BCUT2D eigenvalue weighted by atomic mass is 16.6. The zero-order valence-electron chi connectivity index (χ0n) is 9.62. The minimum Gasteiger partial charge on any atom is -0.457 e. The SMILES string of the molecule is CC(C)(C)OC(=O)/C=C1\C[C@H]2C=C[C@@H]1C2. The molecule has 0 unspecified atom stereocenters. The standard InChI is InChI=1S/C13H18O2/c1-13(2,3)15-12(14)8-11-7-9-4-5-10(11)6-9/h4-5,8-10H,6-7H2,1-3H3/b11-8+/t9-,10+/m0/s1. The Balaban J connectivity index is 1.99.